The SMILES string of the molecule is NC(=O)c1ncn(Cc2ccc3ncc(Cl)cc3c2)n1. The highest BCUT2D eigenvalue weighted by molar-refractivity contribution is 6.31. The van der Waals surface area contributed by atoms with E-state index >= 15 is 0 Å². The maximum atomic E-state index is 10.9. The van der Waals surface area contributed by atoms with Crippen LogP contribution in [0.5, 0.6) is 0 Å². The molecule has 2 aromatic heterocycles. The summed E-state index contributed by atoms with van der Waals surface area (Å²) in [6.45, 7) is 0.489. The largest absolute Gasteiger partial charge is 0.363 e. The molecular formula is C13H10ClN5O. The first-order chi connectivity index (χ1) is 9.61. The summed E-state index contributed by atoms with van der Waals surface area (Å²) in [6, 6.07) is 7.67. The third kappa shape index (κ3) is 2.46. The van der Waals surface area contributed by atoms with Crippen molar-refractivity contribution in [3.63, 3.8) is 0 Å². The zero-order valence-corrected chi connectivity index (χ0v) is 11.1. The van der Waals surface area contributed by atoms with Crippen molar-refractivity contribution in [2.45, 2.75) is 6.54 Å². The minimum absolute atomic E-state index is 0.00972. The molecule has 0 aliphatic rings. The molecule has 0 aliphatic heterocycles. The van der Waals surface area contributed by atoms with Crippen molar-refractivity contribution >= 4 is 28.4 Å². The van der Waals surface area contributed by atoms with Crippen molar-refractivity contribution in [2.75, 3.05) is 0 Å². The smallest absolute Gasteiger partial charge is 0.288 e. The van der Waals surface area contributed by atoms with E-state index < -0.39 is 5.91 Å². The number of carbonyl (C=O) groups is 1. The Kier molecular flexibility index (Phi) is 3.08. The van der Waals surface area contributed by atoms with Gasteiger partial charge in [-0.05, 0) is 23.8 Å². The minimum atomic E-state index is -0.641. The first-order valence-corrected chi connectivity index (χ1v) is 6.23. The highest BCUT2D eigenvalue weighted by Gasteiger charge is 2.07. The lowest BCUT2D eigenvalue weighted by Gasteiger charge is -2.03. The van der Waals surface area contributed by atoms with Crippen LogP contribution < -0.4 is 5.73 Å². The molecule has 1 amide bonds. The van der Waals surface area contributed by atoms with E-state index in [4.69, 9.17) is 17.3 Å². The van der Waals surface area contributed by atoms with Crippen LogP contribution in [0.15, 0.2) is 36.8 Å². The lowest BCUT2D eigenvalue weighted by Crippen LogP contribution is -2.13. The number of nitrogens with two attached hydrogens (primary N) is 1. The summed E-state index contributed by atoms with van der Waals surface area (Å²) in [7, 11) is 0. The summed E-state index contributed by atoms with van der Waals surface area (Å²) >= 11 is 5.93. The predicted octanol–water partition coefficient (Wildman–Crippen LogP) is 1.63. The fourth-order valence-corrected chi connectivity index (χ4v) is 2.09. The Morgan fingerprint density at radius 2 is 2.15 bits per heavy atom. The molecule has 0 spiro atoms. The number of rotatable bonds is 3. The molecule has 0 saturated heterocycles. The summed E-state index contributed by atoms with van der Waals surface area (Å²) < 4.78 is 1.55. The van der Waals surface area contributed by atoms with Gasteiger partial charge in [0.15, 0.2) is 0 Å². The van der Waals surface area contributed by atoms with E-state index in [0.717, 1.165) is 16.5 Å². The van der Waals surface area contributed by atoms with Crippen molar-refractivity contribution in [2.24, 2.45) is 5.73 Å². The summed E-state index contributed by atoms with van der Waals surface area (Å²) in [6.07, 6.45) is 3.08. The van der Waals surface area contributed by atoms with Crippen molar-refractivity contribution in [3.8, 4) is 0 Å². The molecule has 20 heavy (non-hydrogen) atoms. The zero-order chi connectivity index (χ0) is 14.1. The van der Waals surface area contributed by atoms with Crippen molar-refractivity contribution < 1.29 is 4.79 Å². The van der Waals surface area contributed by atoms with E-state index in [1.165, 1.54) is 6.33 Å². The topological polar surface area (TPSA) is 86.7 Å². The van der Waals surface area contributed by atoms with Gasteiger partial charge in [-0.25, -0.2) is 9.67 Å². The van der Waals surface area contributed by atoms with Gasteiger partial charge in [0.2, 0.25) is 5.82 Å². The van der Waals surface area contributed by atoms with Crippen molar-refractivity contribution in [1.82, 2.24) is 19.7 Å². The Morgan fingerprint density at radius 1 is 1.30 bits per heavy atom. The number of hydrogen-bond acceptors (Lipinski definition) is 4. The van der Waals surface area contributed by atoms with Crippen molar-refractivity contribution in [1.29, 1.82) is 0 Å². The van der Waals surface area contributed by atoms with Gasteiger partial charge in [0, 0.05) is 11.6 Å². The Morgan fingerprint density at radius 3 is 2.90 bits per heavy atom. The number of primary amides is 1. The van der Waals surface area contributed by atoms with E-state index in [0.29, 0.717) is 11.6 Å². The zero-order valence-electron chi connectivity index (χ0n) is 10.3. The molecule has 0 radical (unpaired) electrons. The van der Waals surface area contributed by atoms with Crippen LogP contribution in [0.3, 0.4) is 0 Å². The summed E-state index contributed by atoms with van der Waals surface area (Å²) in [5.41, 5.74) is 6.98. The van der Waals surface area contributed by atoms with E-state index in [1.807, 2.05) is 24.3 Å². The number of halogens is 1. The van der Waals surface area contributed by atoms with Gasteiger partial charge in [-0.2, -0.15) is 0 Å². The highest BCUT2D eigenvalue weighted by atomic mass is 35.5. The van der Waals surface area contributed by atoms with Crippen LogP contribution in [-0.4, -0.2) is 25.7 Å². The average molecular weight is 288 g/mol. The third-order valence-corrected chi connectivity index (χ3v) is 3.02. The molecule has 0 fully saturated rings. The Labute approximate surface area is 119 Å². The van der Waals surface area contributed by atoms with Crippen molar-refractivity contribution in [3.05, 3.63) is 53.2 Å². The molecule has 2 N–H and O–H groups in total. The molecule has 0 atom stereocenters. The number of nitrogens with zero attached hydrogens (tertiary/aromatic N) is 4. The van der Waals surface area contributed by atoms with Gasteiger partial charge in [-0.3, -0.25) is 9.78 Å². The number of hydrogen-bond donors (Lipinski definition) is 1. The van der Waals surface area contributed by atoms with Crippen LogP contribution in [0.2, 0.25) is 5.02 Å². The molecule has 0 unspecified atom stereocenters. The minimum Gasteiger partial charge on any atom is -0.363 e. The molecule has 100 valence electrons. The molecule has 2 heterocycles. The number of pyridine rings is 1. The maximum Gasteiger partial charge on any atom is 0.288 e. The number of amides is 1. The summed E-state index contributed by atoms with van der Waals surface area (Å²) in [5, 5.41) is 5.53. The van der Waals surface area contributed by atoms with E-state index in [9.17, 15) is 4.79 Å². The summed E-state index contributed by atoms with van der Waals surface area (Å²) in [5.74, 6) is -0.631. The lowest BCUT2D eigenvalue weighted by molar-refractivity contribution is 0.0990. The van der Waals surface area contributed by atoms with Crippen LogP contribution in [0.4, 0.5) is 0 Å². The van der Waals surface area contributed by atoms with Gasteiger partial charge >= 0.3 is 0 Å². The molecule has 6 nitrogen and oxygen atoms in total. The van der Waals surface area contributed by atoms with Crippen LogP contribution in [0.25, 0.3) is 10.9 Å². The third-order valence-electron chi connectivity index (χ3n) is 2.81. The first-order valence-electron chi connectivity index (χ1n) is 5.85. The molecule has 7 heteroatoms. The predicted molar refractivity (Wildman–Crippen MR) is 74.4 cm³/mol. The number of carbonyl (C=O) groups excluding carboxylic acids is 1. The standard InChI is InChI=1S/C13H10ClN5O/c14-10-4-9-3-8(1-2-11(9)16-5-10)6-19-7-17-13(18-19)12(15)20/h1-5,7H,6H2,(H2,15,20). The second kappa shape index (κ2) is 4.90. The van der Waals surface area contributed by atoms with Gasteiger partial charge < -0.3 is 5.73 Å². The van der Waals surface area contributed by atoms with Gasteiger partial charge in [0.25, 0.3) is 5.91 Å². The molecule has 0 saturated carbocycles. The van der Waals surface area contributed by atoms with Crippen LogP contribution >= 0.6 is 11.6 Å². The molecule has 0 bridgehead atoms. The maximum absolute atomic E-state index is 10.9. The quantitative estimate of drug-likeness (QED) is 0.793. The summed E-state index contributed by atoms with van der Waals surface area (Å²) in [4.78, 5) is 19.0. The lowest BCUT2D eigenvalue weighted by atomic mass is 10.1. The molecule has 1 aromatic carbocycles. The van der Waals surface area contributed by atoms with Gasteiger partial charge in [0.1, 0.15) is 6.33 Å². The number of benzene rings is 1. The average Bonchev–Trinajstić information content (AvgIpc) is 2.87. The Hall–Kier alpha value is -2.47. The first kappa shape index (κ1) is 12.6. The van der Waals surface area contributed by atoms with Gasteiger partial charge in [-0.15, -0.1) is 5.10 Å². The van der Waals surface area contributed by atoms with E-state index in [2.05, 4.69) is 15.1 Å². The van der Waals surface area contributed by atoms with Crippen LogP contribution in [0.1, 0.15) is 16.2 Å². The normalized spacial score (nSPS) is 10.8. The second-order valence-electron chi connectivity index (χ2n) is 4.31. The van der Waals surface area contributed by atoms with Crippen LogP contribution in [-0.2, 0) is 6.54 Å². The number of fused-ring (bicyclic) bond motifs is 1. The highest BCUT2D eigenvalue weighted by Crippen LogP contribution is 2.18. The van der Waals surface area contributed by atoms with E-state index in [1.54, 1.807) is 10.9 Å². The van der Waals surface area contributed by atoms with Gasteiger partial charge in [-0.1, -0.05) is 17.7 Å². The Bertz CT molecular complexity index is 798. The fourth-order valence-electron chi connectivity index (χ4n) is 1.92. The Balaban J connectivity index is 1.91. The molecule has 0 aliphatic carbocycles. The molecule has 3 rings (SSSR count). The van der Waals surface area contributed by atoms with Gasteiger partial charge in [0.05, 0.1) is 17.1 Å². The number of aromatic nitrogens is 4. The van der Waals surface area contributed by atoms with E-state index in [-0.39, 0.29) is 5.82 Å². The monoisotopic (exact) mass is 287 g/mol. The fraction of sp³-hybridized carbons (Fsp3) is 0.0769. The van der Waals surface area contributed by atoms with Crippen LogP contribution in [0, 0.1) is 0 Å². The second-order valence-corrected chi connectivity index (χ2v) is 4.75. The molecular weight excluding hydrogens is 278 g/mol. The molecule has 3 aromatic rings.